The van der Waals surface area contributed by atoms with Gasteiger partial charge in [-0.1, -0.05) is 56.8 Å². The Morgan fingerprint density at radius 2 is 1.90 bits per heavy atom. The van der Waals surface area contributed by atoms with Crippen LogP contribution in [0.1, 0.15) is 31.9 Å². The van der Waals surface area contributed by atoms with Crippen molar-refractivity contribution < 1.29 is 14.3 Å². The summed E-state index contributed by atoms with van der Waals surface area (Å²) < 4.78 is 6.22. The summed E-state index contributed by atoms with van der Waals surface area (Å²) >= 11 is 0. The number of nitrogens with one attached hydrogen (secondary N) is 2. The van der Waals surface area contributed by atoms with E-state index in [9.17, 15) is 14.4 Å². The molecule has 0 radical (unpaired) electrons. The maximum Gasteiger partial charge on any atom is 0.412 e. The van der Waals surface area contributed by atoms with Crippen molar-refractivity contribution in [2.75, 3.05) is 18.5 Å². The highest BCUT2D eigenvalue weighted by atomic mass is 16.5. The van der Waals surface area contributed by atoms with Gasteiger partial charge in [0.15, 0.2) is 0 Å². The molecule has 2 amide bonds. The number of hydrogen-bond acceptors (Lipinski definition) is 4. The molecule has 30 heavy (non-hydrogen) atoms. The largest absolute Gasteiger partial charge is 0.445 e. The Balaban J connectivity index is 2.29. The van der Waals surface area contributed by atoms with Crippen molar-refractivity contribution in [1.82, 2.24) is 9.88 Å². The number of amides is 2. The number of nitrogens with zero attached hydrogens (tertiary/aromatic N) is 1. The predicted octanol–water partition coefficient (Wildman–Crippen LogP) is 3.53. The second-order valence-corrected chi connectivity index (χ2v) is 7.33. The van der Waals surface area contributed by atoms with E-state index in [1.54, 1.807) is 12.3 Å². The normalized spacial score (nSPS) is 11.6. The predicted molar refractivity (Wildman–Crippen MR) is 118 cm³/mol. The zero-order valence-electron chi connectivity index (χ0n) is 17.5. The SMILES string of the molecule is C=CCOC(=O)Nc1cccn([C@H](Cc2ccccc2)C(=O)NCCC(C)C)c1=O. The van der Waals surface area contributed by atoms with E-state index in [4.69, 9.17) is 4.74 Å². The molecule has 2 rings (SSSR count). The van der Waals surface area contributed by atoms with Crippen LogP contribution in [0.15, 0.2) is 66.1 Å². The van der Waals surface area contributed by atoms with Crippen molar-refractivity contribution in [3.05, 3.63) is 77.2 Å². The van der Waals surface area contributed by atoms with Crippen LogP contribution < -0.4 is 16.2 Å². The minimum Gasteiger partial charge on any atom is -0.445 e. The summed E-state index contributed by atoms with van der Waals surface area (Å²) in [7, 11) is 0. The standard InChI is InChI=1S/C23H29N3O4/c1-4-15-30-23(29)25-19-11-8-14-26(22(19)28)20(16-18-9-6-5-7-10-18)21(27)24-13-12-17(2)3/h4-11,14,17,20H,1,12-13,15-16H2,2-3H3,(H,24,27)(H,25,29)/t20-/m1/s1. The number of hydrogen-bond donors (Lipinski definition) is 2. The first-order valence-electron chi connectivity index (χ1n) is 9.99. The Hall–Kier alpha value is -3.35. The number of ether oxygens (including phenoxy) is 1. The number of aromatic nitrogens is 1. The summed E-state index contributed by atoms with van der Waals surface area (Å²) in [6.45, 7) is 8.20. The number of rotatable bonds is 10. The van der Waals surface area contributed by atoms with Gasteiger partial charge in [-0.25, -0.2) is 4.79 Å². The molecule has 0 fully saturated rings. The first-order valence-corrected chi connectivity index (χ1v) is 9.99. The Morgan fingerprint density at radius 3 is 2.57 bits per heavy atom. The Kier molecular flexibility index (Phi) is 8.87. The fourth-order valence-corrected chi connectivity index (χ4v) is 2.89. The molecule has 0 aliphatic heterocycles. The Morgan fingerprint density at radius 1 is 1.17 bits per heavy atom. The number of carbonyl (C=O) groups is 2. The molecule has 0 aliphatic carbocycles. The van der Waals surface area contributed by atoms with Crippen molar-refractivity contribution in [3.8, 4) is 0 Å². The molecule has 7 heteroatoms. The van der Waals surface area contributed by atoms with Crippen LogP contribution >= 0.6 is 0 Å². The van der Waals surface area contributed by atoms with Gasteiger partial charge in [0.25, 0.3) is 5.56 Å². The zero-order valence-corrected chi connectivity index (χ0v) is 17.5. The van der Waals surface area contributed by atoms with Crippen LogP contribution in [0.4, 0.5) is 10.5 Å². The quantitative estimate of drug-likeness (QED) is 0.586. The Bertz CT molecular complexity index is 906. The van der Waals surface area contributed by atoms with Crippen molar-refractivity contribution in [2.24, 2.45) is 5.92 Å². The van der Waals surface area contributed by atoms with Gasteiger partial charge in [-0.2, -0.15) is 0 Å². The lowest BCUT2D eigenvalue weighted by Gasteiger charge is -2.21. The van der Waals surface area contributed by atoms with E-state index in [1.807, 2.05) is 30.3 Å². The molecule has 0 aliphatic rings. The van der Waals surface area contributed by atoms with Gasteiger partial charge in [0.2, 0.25) is 5.91 Å². The number of pyridine rings is 1. The third kappa shape index (κ3) is 6.92. The topological polar surface area (TPSA) is 89.4 Å². The van der Waals surface area contributed by atoms with E-state index in [2.05, 4.69) is 31.1 Å². The average molecular weight is 412 g/mol. The summed E-state index contributed by atoms with van der Waals surface area (Å²) in [6, 6.07) is 11.8. The number of anilines is 1. The van der Waals surface area contributed by atoms with Crippen molar-refractivity contribution in [1.29, 1.82) is 0 Å². The van der Waals surface area contributed by atoms with Crippen LogP contribution in [0.5, 0.6) is 0 Å². The third-order valence-corrected chi connectivity index (χ3v) is 4.47. The molecule has 0 saturated carbocycles. The summed E-state index contributed by atoms with van der Waals surface area (Å²) in [5.41, 5.74) is 0.491. The van der Waals surface area contributed by atoms with Gasteiger partial charge in [0.05, 0.1) is 0 Å². The molecule has 0 spiro atoms. The van der Waals surface area contributed by atoms with E-state index in [1.165, 1.54) is 16.7 Å². The highest BCUT2D eigenvalue weighted by Crippen LogP contribution is 2.15. The van der Waals surface area contributed by atoms with Gasteiger partial charge in [-0.15, -0.1) is 0 Å². The van der Waals surface area contributed by atoms with E-state index in [0.29, 0.717) is 18.9 Å². The molecule has 2 N–H and O–H groups in total. The van der Waals surface area contributed by atoms with Crippen LogP contribution in [0.3, 0.4) is 0 Å². The highest BCUT2D eigenvalue weighted by molar-refractivity contribution is 5.84. The fraction of sp³-hybridized carbons (Fsp3) is 0.348. The molecule has 160 valence electrons. The molecule has 2 aromatic rings. The molecule has 1 atom stereocenters. The monoisotopic (exact) mass is 411 g/mol. The van der Waals surface area contributed by atoms with Gasteiger partial charge in [0.1, 0.15) is 18.3 Å². The van der Waals surface area contributed by atoms with Crippen LogP contribution in [0, 0.1) is 5.92 Å². The van der Waals surface area contributed by atoms with Gasteiger partial charge in [-0.3, -0.25) is 14.9 Å². The van der Waals surface area contributed by atoms with Gasteiger partial charge < -0.3 is 14.6 Å². The van der Waals surface area contributed by atoms with Crippen LogP contribution in [-0.4, -0.2) is 29.7 Å². The summed E-state index contributed by atoms with van der Waals surface area (Å²) in [6.07, 6.45) is 3.41. The van der Waals surface area contributed by atoms with Crippen molar-refractivity contribution in [2.45, 2.75) is 32.7 Å². The maximum atomic E-state index is 13.0. The highest BCUT2D eigenvalue weighted by Gasteiger charge is 2.23. The first kappa shape index (κ1) is 22.9. The summed E-state index contributed by atoms with van der Waals surface area (Å²) in [5, 5.41) is 5.35. The molecule has 0 unspecified atom stereocenters. The number of benzene rings is 1. The van der Waals surface area contributed by atoms with E-state index < -0.39 is 17.7 Å². The average Bonchev–Trinajstić information content (AvgIpc) is 2.72. The molecule has 1 heterocycles. The van der Waals surface area contributed by atoms with E-state index >= 15 is 0 Å². The van der Waals surface area contributed by atoms with Gasteiger partial charge >= 0.3 is 6.09 Å². The molecule has 7 nitrogen and oxygen atoms in total. The Labute approximate surface area is 176 Å². The molecule has 1 aromatic carbocycles. The second-order valence-electron chi connectivity index (χ2n) is 7.33. The molecular weight excluding hydrogens is 382 g/mol. The lowest BCUT2D eigenvalue weighted by molar-refractivity contribution is -0.124. The van der Waals surface area contributed by atoms with Crippen molar-refractivity contribution in [3.63, 3.8) is 0 Å². The van der Waals surface area contributed by atoms with E-state index in [-0.39, 0.29) is 18.2 Å². The fourth-order valence-electron chi connectivity index (χ4n) is 2.89. The molecule has 1 aromatic heterocycles. The number of carbonyl (C=O) groups excluding carboxylic acids is 2. The summed E-state index contributed by atoms with van der Waals surface area (Å²) in [4.78, 5) is 37.8. The maximum absolute atomic E-state index is 13.0. The van der Waals surface area contributed by atoms with Gasteiger partial charge in [-0.05, 0) is 30.0 Å². The third-order valence-electron chi connectivity index (χ3n) is 4.47. The van der Waals surface area contributed by atoms with Crippen LogP contribution in [0.25, 0.3) is 0 Å². The smallest absolute Gasteiger partial charge is 0.412 e. The van der Waals surface area contributed by atoms with Gasteiger partial charge in [0, 0.05) is 19.2 Å². The molecule has 0 saturated heterocycles. The van der Waals surface area contributed by atoms with E-state index in [0.717, 1.165) is 12.0 Å². The second kappa shape index (κ2) is 11.6. The zero-order chi connectivity index (χ0) is 21.9. The minimum atomic E-state index is -0.759. The van der Waals surface area contributed by atoms with Crippen LogP contribution in [0.2, 0.25) is 0 Å². The first-order chi connectivity index (χ1) is 14.4. The minimum absolute atomic E-state index is 0.0295. The van der Waals surface area contributed by atoms with Crippen LogP contribution in [-0.2, 0) is 16.0 Å². The molecule has 0 bridgehead atoms. The summed E-state index contributed by atoms with van der Waals surface area (Å²) in [5.74, 6) is 0.211. The van der Waals surface area contributed by atoms with Crippen molar-refractivity contribution >= 4 is 17.7 Å². The molecular formula is C23H29N3O4. The lowest BCUT2D eigenvalue weighted by atomic mass is 10.0. The lowest BCUT2D eigenvalue weighted by Crippen LogP contribution is -2.39.